The lowest BCUT2D eigenvalue weighted by molar-refractivity contribution is 0.0692. The van der Waals surface area contributed by atoms with E-state index in [9.17, 15) is 9.18 Å². The van der Waals surface area contributed by atoms with E-state index < -0.39 is 5.97 Å². The number of hydrogen-bond donors (Lipinski definition) is 1. The van der Waals surface area contributed by atoms with Gasteiger partial charge in [-0.05, 0) is 48.4 Å². The SMILES string of the molecule is Cc1ccc(F)cc1COc1cc(Cl)ccc1C(=O)O. The van der Waals surface area contributed by atoms with Crippen molar-refractivity contribution in [3.8, 4) is 5.75 Å². The Morgan fingerprint density at radius 3 is 2.75 bits per heavy atom. The van der Waals surface area contributed by atoms with E-state index in [0.29, 0.717) is 10.6 Å². The zero-order valence-electron chi connectivity index (χ0n) is 10.7. The van der Waals surface area contributed by atoms with Gasteiger partial charge < -0.3 is 9.84 Å². The summed E-state index contributed by atoms with van der Waals surface area (Å²) in [5.41, 5.74) is 1.54. The molecule has 20 heavy (non-hydrogen) atoms. The molecule has 0 aliphatic rings. The summed E-state index contributed by atoms with van der Waals surface area (Å²) in [4.78, 5) is 11.1. The van der Waals surface area contributed by atoms with Crippen LogP contribution in [0.3, 0.4) is 0 Å². The minimum atomic E-state index is -1.10. The maximum Gasteiger partial charge on any atom is 0.339 e. The summed E-state index contributed by atoms with van der Waals surface area (Å²) in [6.07, 6.45) is 0. The van der Waals surface area contributed by atoms with Crippen molar-refractivity contribution in [2.24, 2.45) is 0 Å². The molecule has 0 aliphatic heterocycles. The van der Waals surface area contributed by atoms with Crippen molar-refractivity contribution in [2.75, 3.05) is 0 Å². The summed E-state index contributed by atoms with van der Waals surface area (Å²) in [6.45, 7) is 1.90. The second kappa shape index (κ2) is 5.92. The van der Waals surface area contributed by atoms with Crippen LogP contribution in [-0.4, -0.2) is 11.1 Å². The predicted molar refractivity (Wildman–Crippen MR) is 73.9 cm³/mol. The summed E-state index contributed by atoms with van der Waals surface area (Å²) < 4.78 is 18.6. The highest BCUT2D eigenvalue weighted by Gasteiger charge is 2.12. The Morgan fingerprint density at radius 1 is 1.30 bits per heavy atom. The fourth-order valence-corrected chi connectivity index (χ4v) is 1.91. The first-order chi connectivity index (χ1) is 9.47. The number of carboxylic acid groups (broad SMARTS) is 1. The number of hydrogen-bond acceptors (Lipinski definition) is 2. The van der Waals surface area contributed by atoms with E-state index in [-0.39, 0.29) is 23.7 Å². The summed E-state index contributed by atoms with van der Waals surface area (Å²) in [5, 5.41) is 9.45. The van der Waals surface area contributed by atoms with E-state index in [1.807, 2.05) is 6.92 Å². The average Bonchev–Trinajstić information content (AvgIpc) is 2.39. The summed E-state index contributed by atoms with van der Waals surface area (Å²) in [7, 11) is 0. The van der Waals surface area contributed by atoms with Crippen molar-refractivity contribution >= 4 is 17.6 Å². The lowest BCUT2D eigenvalue weighted by Crippen LogP contribution is -2.04. The molecule has 104 valence electrons. The van der Waals surface area contributed by atoms with Crippen LogP contribution in [0.4, 0.5) is 4.39 Å². The molecule has 0 fully saturated rings. The number of carbonyl (C=O) groups is 1. The van der Waals surface area contributed by atoms with Crippen LogP contribution in [0.2, 0.25) is 5.02 Å². The molecule has 0 radical (unpaired) electrons. The molecule has 0 saturated carbocycles. The molecule has 0 saturated heterocycles. The van der Waals surface area contributed by atoms with E-state index in [0.717, 1.165) is 5.56 Å². The number of rotatable bonds is 4. The van der Waals surface area contributed by atoms with Crippen molar-refractivity contribution in [1.82, 2.24) is 0 Å². The molecular weight excluding hydrogens is 283 g/mol. The molecule has 0 atom stereocenters. The second-order valence-electron chi connectivity index (χ2n) is 4.31. The normalized spacial score (nSPS) is 10.3. The predicted octanol–water partition coefficient (Wildman–Crippen LogP) is 4.06. The summed E-state index contributed by atoms with van der Waals surface area (Å²) in [6, 6.07) is 8.65. The Morgan fingerprint density at radius 2 is 2.05 bits per heavy atom. The number of aryl methyl sites for hydroxylation is 1. The standard InChI is InChI=1S/C15H12ClFO3/c1-9-2-4-12(17)6-10(9)8-20-14-7-11(16)3-5-13(14)15(18)19/h2-7H,8H2,1H3,(H,18,19). The van der Waals surface area contributed by atoms with E-state index >= 15 is 0 Å². The van der Waals surface area contributed by atoms with Gasteiger partial charge in [0.05, 0.1) is 0 Å². The highest BCUT2D eigenvalue weighted by Crippen LogP contribution is 2.25. The largest absolute Gasteiger partial charge is 0.488 e. The van der Waals surface area contributed by atoms with Crippen LogP contribution in [0, 0.1) is 12.7 Å². The molecule has 2 aromatic rings. The quantitative estimate of drug-likeness (QED) is 0.925. The van der Waals surface area contributed by atoms with Gasteiger partial charge in [-0.25, -0.2) is 9.18 Å². The Balaban J connectivity index is 2.24. The van der Waals surface area contributed by atoms with Gasteiger partial charge in [0, 0.05) is 5.02 Å². The maximum atomic E-state index is 13.2. The highest BCUT2D eigenvalue weighted by molar-refractivity contribution is 6.30. The topological polar surface area (TPSA) is 46.5 Å². The molecule has 0 aromatic heterocycles. The van der Waals surface area contributed by atoms with E-state index in [1.54, 1.807) is 6.07 Å². The minimum Gasteiger partial charge on any atom is -0.488 e. The van der Waals surface area contributed by atoms with Gasteiger partial charge in [0.25, 0.3) is 0 Å². The zero-order valence-corrected chi connectivity index (χ0v) is 11.4. The molecule has 0 amide bonds. The van der Waals surface area contributed by atoms with Crippen LogP contribution in [-0.2, 0) is 6.61 Å². The fraction of sp³-hybridized carbons (Fsp3) is 0.133. The molecule has 2 aromatic carbocycles. The maximum absolute atomic E-state index is 13.2. The zero-order chi connectivity index (χ0) is 14.7. The van der Waals surface area contributed by atoms with Gasteiger partial charge in [0.15, 0.2) is 0 Å². The summed E-state index contributed by atoms with van der Waals surface area (Å²) >= 11 is 5.83. The van der Waals surface area contributed by atoms with Crippen LogP contribution >= 0.6 is 11.6 Å². The smallest absolute Gasteiger partial charge is 0.339 e. The second-order valence-corrected chi connectivity index (χ2v) is 4.74. The first-order valence-corrected chi connectivity index (χ1v) is 6.26. The Kier molecular flexibility index (Phi) is 4.25. The summed E-state index contributed by atoms with van der Waals surface area (Å²) in [5.74, 6) is -1.31. The molecule has 0 bridgehead atoms. The lowest BCUT2D eigenvalue weighted by atomic mass is 10.1. The fourth-order valence-electron chi connectivity index (χ4n) is 1.74. The molecule has 0 aliphatic carbocycles. The lowest BCUT2D eigenvalue weighted by Gasteiger charge is -2.11. The molecule has 0 heterocycles. The van der Waals surface area contributed by atoms with Crippen LogP contribution in [0.15, 0.2) is 36.4 Å². The Labute approximate surface area is 120 Å². The van der Waals surface area contributed by atoms with E-state index in [1.165, 1.54) is 30.3 Å². The molecule has 0 unspecified atom stereocenters. The average molecular weight is 295 g/mol. The van der Waals surface area contributed by atoms with Crippen molar-refractivity contribution in [3.63, 3.8) is 0 Å². The molecular formula is C15H12ClFO3. The third-order valence-corrected chi connectivity index (χ3v) is 3.10. The van der Waals surface area contributed by atoms with Crippen LogP contribution < -0.4 is 4.74 Å². The molecule has 0 spiro atoms. The van der Waals surface area contributed by atoms with Crippen molar-refractivity contribution in [1.29, 1.82) is 0 Å². The number of benzene rings is 2. The van der Waals surface area contributed by atoms with Crippen LogP contribution in [0.5, 0.6) is 5.75 Å². The van der Waals surface area contributed by atoms with Gasteiger partial charge in [-0.2, -0.15) is 0 Å². The van der Waals surface area contributed by atoms with Gasteiger partial charge in [0.1, 0.15) is 23.7 Å². The molecule has 3 nitrogen and oxygen atoms in total. The van der Waals surface area contributed by atoms with E-state index in [2.05, 4.69) is 0 Å². The highest BCUT2D eigenvalue weighted by atomic mass is 35.5. The van der Waals surface area contributed by atoms with Crippen molar-refractivity contribution < 1.29 is 19.0 Å². The van der Waals surface area contributed by atoms with Gasteiger partial charge in [0.2, 0.25) is 0 Å². The first-order valence-electron chi connectivity index (χ1n) is 5.88. The number of ether oxygens (including phenoxy) is 1. The van der Waals surface area contributed by atoms with Gasteiger partial charge >= 0.3 is 5.97 Å². The van der Waals surface area contributed by atoms with Gasteiger partial charge in [-0.15, -0.1) is 0 Å². The Hall–Kier alpha value is -2.07. The molecule has 5 heteroatoms. The molecule has 1 N–H and O–H groups in total. The number of aromatic carboxylic acids is 1. The third-order valence-electron chi connectivity index (χ3n) is 2.87. The molecule has 2 rings (SSSR count). The van der Waals surface area contributed by atoms with Crippen LogP contribution in [0.25, 0.3) is 0 Å². The number of carboxylic acids is 1. The van der Waals surface area contributed by atoms with Gasteiger partial charge in [-0.1, -0.05) is 17.7 Å². The van der Waals surface area contributed by atoms with Crippen molar-refractivity contribution in [3.05, 3.63) is 63.9 Å². The van der Waals surface area contributed by atoms with E-state index in [4.69, 9.17) is 21.4 Å². The first kappa shape index (κ1) is 14.3. The van der Waals surface area contributed by atoms with Crippen molar-refractivity contribution in [2.45, 2.75) is 13.5 Å². The third kappa shape index (κ3) is 3.27. The van der Waals surface area contributed by atoms with Gasteiger partial charge in [-0.3, -0.25) is 0 Å². The minimum absolute atomic E-state index is 0.0171. The van der Waals surface area contributed by atoms with Crippen LogP contribution in [0.1, 0.15) is 21.5 Å². The number of halogens is 2. The Bertz CT molecular complexity index is 656. The monoisotopic (exact) mass is 294 g/mol.